The fourth-order valence-corrected chi connectivity index (χ4v) is 5.36. The Hall–Kier alpha value is -2.75. The van der Waals surface area contributed by atoms with Crippen LogP contribution in [0.2, 0.25) is 20.1 Å². The van der Waals surface area contributed by atoms with E-state index in [1.165, 1.54) is 24.3 Å². The maximum absolute atomic E-state index is 13.1. The molecule has 0 aliphatic heterocycles. The topological polar surface area (TPSA) is 101 Å². The van der Waals surface area contributed by atoms with Crippen LogP contribution in [0.5, 0.6) is 0 Å². The van der Waals surface area contributed by atoms with Crippen molar-refractivity contribution in [2.45, 2.75) is 24.3 Å². The van der Waals surface area contributed by atoms with Crippen molar-refractivity contribution in [2.75, 3.05) is 10.0 Å². The first-order valence-corrected chi connectivity index (χ1v) is 13.8. The van der Waals surface area contributed by atoms with Crippen molar-refractivity contribution in [1.29, 1.82) is 0 Å². The minimum atomic E-state index is -3.88. The zero-order valence-corrected chi connectivity index (χ0v) is 23.0. The van der Waals surface area contributed by atoms with E-state index >= 15 is 0 Å². The summed E-state index contributed by atoms with van der Waals surface area (Å²) < 4.78 is 32.6. The van der Waals surface area contributed by atoms with Crippen molar-refractivity contribution in [1.82, 2.24) is 5.16 Å². The van der Waals surface area contributed by atoms with Gasteiger partial charge in [0.25, 0.3) is 10.0 Å². The van der Waals surface area contributed by atoms with Crippen molar-refractivity contribution < 1.29 is 17.7 Å². The first kappa shape index (κ1) is 27.3. The Balaban J connectivity index is 1.58. The molecular weight excluding hydrogens is 580 g/mol. The van der Waals surface area contributed by atoms with Gasteiger partial charge in [0.2, 0.25) is 0 Å². The van der Waals surface area contributed by atoms with Crippen molar-refractivity contribution in [3.8, 4) is 0 Å². The lowest BCUT2D eigenvalue weighted by atomic mass is 9.97. The molecule has 0 amide bonds. The third-order valence-electron chi connectivity index (χ3n) is 5.34. The normalized spacial score (nSPS) is 12.2. The van der Waals surface area contributed by atoms with Gasteiger partial charge in [-0.25, -0.2) is 8.42 Å². The van der Waals surface area contributed by atoms with E-state index in [1.807, 2.05) is 0 Å². The molecule has 0 spiro atoms. The minimum Gasteiger partial charge on any atom is -0.378 e. The van der Waals surface area contributed by atoms with Gasteiger partial charge in [0, 0.05) is 33.8 Å². The number of aryl methyl sites for hydroxylation is 1. The Morgan fingerprint density at radius 3 is 2.27 bits per heavy atom. The summed E-state index contributed by atoms with van der Waals surface area (Å²) in [7, 11) is -3.88. The Morgan fingerprint density at radius 2 is 1.65 bits per heavy atom. The molecule has 0 fully saturated rings. The van der Waals surface area contributed by atoms with Gasteiger partial charge in [0.15, 0.2) is 11.6 Å². The molecule has 37 heavy (non-hydrogen) atoms. The number of aromatic nitrogens is 1. The second-order valence-electron chi connectivity index (χ2n) is 8.07. The van der Waals surface area contributed by atoms with Crippen LogP contribution in [0.25, 0.3) is 0 Å². The number of halogens is 4. The van der Waals surface area contributed by atoms with E-state index in [1.54, 1.807) is 49.4 Å². The lowest BCUT2D eigenvalue weighted by Crippen LogP contribution is -2.17. The van der Waals surface area contributed by atoms with E-state index in [0.717, 1.165) is 0 Å². The van der Waals surface area contributed by atoms with E-state index in [4.69, 9.17) is 50.9 Å². The molecule has 0 saturated heterocycles. The van der Waals surface area contributed by atoms with Crippen LogP contribution >= 0.6 is 46.4 Å². The predicted molar refractivity (Wildman–Crippen MR) is 147 cm³/mol. The highest BCUT2D eigenvalue weighted by Gasteiger charge is 2.22. The number of benzene rings is 3. The van der Waals surface area contributed by atoms with Gasteiger partial charge < -0.3 is 9.84 Å². The summed E-state index contributed by atoms with van der Waals surface area (Å²) in [6.45, 7) is 1.65. The quantitative estimate of drug-likeness (QED) is 0.190. The smallest absolute Gasteiger partial charge is 0.263 e. The molecule has 2 N–H and O–H groups in total. The van der Waals surface area contributed by atoms with Gasteiger partial charge >= 0.3 is 0 Å². The molecule has 0 radical (unpaired) electrons. The van der Waals surface area contributed by atoms with E-state index in [0.29, 0.717) is 37.6 Å². The number of ketones is 1. The molecule has 1 atom stereocenters. The number of anilines is 2. The molecule has 4 rings (SSSR count). The van der Waals surface area contributed by atoms with Crippen LogP contribution in [0.15, 0.2) is 76.1 Å². The van der Waals surface area contributed by atoms with Gasteiger partial charge in [-0.3, -0.25) is 9.52 Å². The maximum Gasteiger partial charge on any atom is 0.263 e. The van der Waals surface area contributed by atoms with Gasteiger partial charge in [-0.05, 0) is 67.1 Å². The number of carbonyl (C=O) groups excluding carboxylic acids is 1. The van der Waals surface area contributed by atoms with E-state index in [-0.39, 0.29) is 27.9 Å². The number of hydrogen-bond donors (Lipinski definition) is 2. The number of nitrogens with zero attached hydrogens (tertiary/aromatic N) is 1. The molecule has 0 bridgehead atoms. The Kier molecular flexibility index (Phi) is 8.36. The average molecular weight is 599 g/mol. The van der Waals surface area contributed by atoms with Crippen LogP contribution in [-0.4, -0.2) is 19.4 Å². The lowest BCUT2D eigenvalue weighted by Gasteiger charge is -2.21. The first-order valence-electron chi connectivity index (χ1n) is 10.8. The summed E-state index contributed by atoms with van der Waals surface area (Å²) in [5.41, 5.74) is 1.59. The van der Waals surface area contributed by atoms with Crippen LogP contribution in [0.4, 0.5) is 11.5 Å². The largest absolute Gasteiger partial charge is 0.378 e. The molecule has 1 heterocycles. The Bertz CT molecular complexity index is 1560. The molecule has 1 aromatic heterocycles. The number of carbonyl (C=O) groups is 1. The van der Waals surface area contributed by atoms with Gasteiger partial charge in [-0.1, -0.05) is 57.6 Å². The molecular formula is C25H19Cl4N3O4S. The standard InChI is InChI=1S/C25H19Cl4N3O4S/c1-14-10-25(31-36-14)32-37(34,35)18-6-4-17(5-7-18)30-23(19-8-3-16(26)12-21(19)28)13-24(33)15-2-9-20(27)22(29)11-15/h2-12,23,30H,13H2,1H3,(H,31,32). The summed E-state index contributed by atoms with van der Waals surface area (Å²) in [5, 5.41) is 8.35. The van der Waals surface area contributed by atoms with Crippen molar-refractivity contribution in [3.63, 3.8) is 0 Å². The number of sulfonamides is 1. The molecule has 3 aromatic carbocycles. The summed E-state index contributed by atoms with van der Waals surface area (Å²) in [6, 6.07) is 16.6. The zero-order valence-electron chi connectivity index (χ0n) is 19.1. The van der Waals surface area contributed by atoms with Crippen molar-refractivity contribution in [2.24, 2.45) is 0 Å². The summed E-state index contributed by atoms with van der Waals surface area (Å²) in [4.78, 5) is 13.1. The third-order valence-corrected chi connectivity index (χ3v) is 8.01. The van der Waals surface area contributed by atoms with Crippen LogP contribution in [0.3, 0.4) is 0 Å². The molecule has 4 aromatic rings. The maximum atomic E-state index is 13.1. The van der Waals surface area contributed by atoms with E-state index in [9.17, 15) is 13.2 Å². The van der Waals surface area contributed by atoms with Crippen LogP contribution in [-0.2, 0) is 10.0 Å². The summed E-state index contributed by atoms with van der Waals surface area (Å²) in [6.07, 6.45) is 0.0203. The highest BCUT2D eigenvalue weighted by molar-refractivity contribution is 7.92. The van der Waals surface area contributed by atoms with E-state index < -0.39 is 16.1 Å². The number of nitrogens with one attached hydrogen (secondary N) is 2. The molecule has 192 valence electrons. The van der Waals surface area contributed by atoms with Gasteiger partial charge in [-0.2, -0.15) is 0 Å². The molecule has 0 aliphatic carbocycles. The predicted octanol–water partition coefficient (Wildman–Crippen LogP) is 7.82. The molecule has 7 nitrogen and oxygen atoms in total. The highest BCUT2D eigenvalue weighted by atomic mass is 35.5. The number of Topliss-reactive ketones (excluding diaryl/α,β-unsaturated/α-hetero) is 1. The Morgan fingerprint density at radius 1 is 0.919 bits per heavy atom. The minimum absolute atomic E-state index is 0.0201. The third kappa shape index (κ3) is 6.77. The van der Waals surface area contributed by atoms with Gasteiger partial charge in [0.05, 0.1) is 21.0 Å². The van der Waals surface area contributed by atoms with Crippen LogP contribution in [0, 0.1) is 6.92 Å². The molecule has 1 unspecified atom stereocenters. The molecule has 12 heteroatoms. The monoisotopic (exact) mass is 597 g/mol. The van der Waals surface area contributed by atoms with Crippen molar-refractivity contribution in [3.05, 3.63) is 104 Å². The first-order chi connectivity index (χ1) is 17.5. The SMILES string of the molecule is Cc1cc(NS(=O)(=O)c2ccc(NC(CC(=O)c3ccc(Cl)c(Cl)c3)c3ccc(Cl)cc3Cl)cc2)no1. The Labute approximate surface area is 233 Å². The van der Waals surface area contributed by atoms with Gasteiger partial charge in [0.1, 0.15) is 5.76 Å². The average Bonchev–Trinajstić information content (AvgIpc) is 3.24. The van der Waals surface area contributed by atoms with Crippen LogP contribution < -0.4 is 10.0 Å². The highest BCUT2D eigenvalue weighted by Crippen LogP contribution is 2.33. The fraction of sp³-hybridized carbons (Fsp3) is 0.120. The van der Waals surface area contributed by atoms with E-state index in [2.05, 4.69) is 15.2 Å². The van der Waals surface area contributed by atoms with Gasteiger partial charge in [-0.15, -0.1) is 0 Å². The summed E-state index contributed by atoms with van der Waals surface area (Å²) in [5.74, 6) is 0.353. The zero-order chi connectivity index (χ0) is 26.7. The van der Waals surface area contributed by atoms with Crippen LogP contribution in [0.1, 0.15) is 34.1 Å². The summed E-state index contributed by atoms with van der Waals surface area (Å²) >= 11 is 24.6. The fourth-order valence-electron chi connectivity index (χ4n) is 3.54. The second kappa shape index (κ2) is 11.3. The number of rotatable bonds is 9. The van der Waals surface area contributed by atoms with Crippen molar-refractivity contribution >= 4 is 73.7 Å². The second-order valence-corrected chi connectivity index (χ2v) is 11.4. The number of hydrogen-bond acceptors (Lipinski definition) is 6. The molecule has 0 saturated carbocycles. The lowest BCUT2D eigenvalue weighted by molar-refractivity contribution is 0.0976. The molecule has 0 aliphatic rings.